The summed E-state index contributed by atoms with van der Waals surface area (Å²) in [6.07, 6.45) is 1.20. The second-order valence-corrected chi connectivity index (χ2v) is 9.26. The van der Waals surface area contributed by atoms with Crippen LogP contribution in [0.5, 0.6) is 0 Å². The molecule has 1 aromatic heterocycles. The third-order valence-corrected chi connectivity index (χ3v) is 7.20. The van der Waals surface area contributed by atoms with Crippen molar-refractivity contribution in [1.29, 1.82) is 0 Å². The smallest absolute Gasteiger partial charge is 0.330 e. The van der Waals surface area contributed by atoms with Gasteiger partial charge in [-0.1, -0.05) is 0 Å². The number of ether oxygens (including phenoxy) is 2. The molecule has 2 fully saturated rings. The summed E-state index contributed by atoms with van der Waals surface area (Å²) in [5, 5.41) is 0. The Labute approximate surface area is 169 Å². The van der Waals surface area contributed by atoms with Crippen LogP contribution in [0.4, 0.5) is 0 Å². The molecule has 3 unspecified atom stereocenters. The van der Waals surface area contributed by atoms with E-state index in [0.717, 1.165) is 17.8 Å². The molecule has 2 saturated heterocycles. The molecule has 0 N–H and O–H groups in total. The first-order valence-electron chi connectivity index (χ1n) is 9.53. The van der Waals surface area contributed by atoms with Gasteiger partial charge < -0.3 is 18.9 Å². The third kappa shape index (κ3) is 3.59. The monoisotopic (exact) mass is 408 g/mol. The van der Waals surface area contributed by atoms with Crippen molar-refractivity contribution in [2.24, 2.45) is 0 Å². The predicted molar refractivity (Wildman–Crippen MR) is 107 cm³/mol. The van der Waals surface area contributed by atoms with Crippen molar-refractivity contribution in [2.75, 3.05) is 26.1 Å². The number of aromatic nitrogens is 1. The highest BCUT2D eigenvalue weighted by atomic mass is 32.2. The molecule has 1 amide bonds. The molecule has 0 aliphatic carbocycles. The van der Waals surface area contributed by atoms with Gasteiger partial charge in [-0.05, 0) is 40.2 Å². The Morgan fingerprint density at radius 3 is 2.79 bits per heavy atom. The molecule has 0 spiro atoms. The number of rotatable bonds is 7. The van der Waals surface area contributed by atoms with E-state index in [0.29, 0.717) is 24.3 Å². The van der Waals surface area contributed by atoms with Gasteiger partial charge in [0, 0.05) is 36.2 Å². The van der Waals surface area contributed by atoms with Crippen LogP contribution in [0.2, 0.25) is 0 Å². The van der Waals surface area contributed by atoms with Crippen LogP contribution in [-0.4, -0.2) is 64.1 Å². The maximum absolute atomic E-state index is 12.7. The molecule has 0 aromatic carbocycles. The van der Waals surface area contributed by atoms with Gasteiger partial charge in [-0.25, -0.2) is 4.79 Å². The van der Waals surface area contributed by atoms with Crippen molar-refractivity contribution >= 4 is 29.4 Å². The molecule has 0 bridgehead atoms. The van der Waals surface area contributed by atoms with Gasteiger partial charge in [-0.15, -0.1) is 11.8 Å². The Morgan fingerprint density at radius 2 is 2.11 bits per heavy atom. The van der Waals surface area contributed by atoms with Crippen LogP contribution in [0, 0.1) is 13.8 Å². The van der Waals surface area contributed by atoms with E-state index in [1.807, 2.05) is 33.8 Å². The second kappa shape index (κ2) is 7.91. The molecule has 8 heteroatoms. The normalized spacial score (nSPS) is 25.1. The number of ketones is 1. The Kier molecular flexibility index (Phi) is 5.91. The number of carbonyl (C=O) groups is 3. The van der Waals surface area contributed by atoms with Crippen LogP contribution in [0.3, 0.4) is 0 Å². The van der Waals surface area contributed by atoms with Gasteiger partial charge >= 0.3 is 5.97 Å². The molecular weight excluding hydrogens is 380 g/mol. The minimum absolute atomic E-state index is 0.0172. The first kappa shape index (κ1) is 20.9. The van der Waals surface area contributed by atoms with E-state index < -0.39 is 12.0 Å². The fourth-order valence-corrected chi connectivity index (χ4v) is 5.78. The maximum atomic E-state index is 12.7. The Bertz CT molecular complexity index is 805. The summed E-state index contributed by atoms with van der Waals surface area (Å²) >= 11 is 1.61. The average Bonchev–Trinajstić information content (AvgIpc) is 3.24. The van der Waals surface area contributed by atoms with Crippen LogP contribution in [0.1, 0.15) is 54.5 Å². The second-order valence-electron chi connectivity index (χ2n) is 7.76. The van der Waals surface area contributed by atoms with E-state index in [1.165, 1.54) is 0 Å². The van der Waals surface area contributed by atoms with Crippen LogP contribution in [0.25, 0.3) is 0 Å². The summed E-state index contributed by atoms with van der Waals surface area (Å²) in [6.45, 7) is 8.06. The molecule has 1 aromatic rings. The summed E-state index contributed by atoms with van der Waals surface area (Å²) in [4.78, 5) is 38.7. The van der Waals surface area contributed by atoms with Gasteiger partial charge in [-0.3, -0.25) is 9.59 Å². The highest BCUT2D eigenvalue weighted by Gasteiger charge is 2.53. The van der Waals surface area contributed by atoms with Crippen molar-refractivity contribution in [3.05, 3.63) is 23.0 Å². The number of thioether (sulfide) groups is 1. The molecule has 3 atom stereocenters. The molecule has 0 saturated carbocycles. The van der Waals surface area contributed by atoms with E-state index in [1.54, 1.807) is 23.8 Å². The summed E-state index contributed by atoms with van der Waals surface area (Å²) in [6, 6.07) is 1.32. The number of hydrogen-bond donors (Lipinski definition) is 0. The molecular formula is C20H28N2O5S. The molecule has 28 heavy (non-hydrogen) atoms. The highest BCUT2D eigenvalue weighted by Crippen LogP contribution is 2.47. The van der Waals surface area contributed by atoms with E-state index >= 15 is 0 Å². The number of amides is 1. The third-order valence-electron chi connectivity index (χ3n) is 5.70. The van der Waals surface area contributed by atoms with Crippen LogP contribution >= 0.6 is 11.8 Å². The molecule has 2 aliphatic rings. The fourth-order valence-electron chi connectivity index (χ4n) is 4.36. The molecule has 7 nitrogen and oxygen atoms in total. The molecule has 2 aliphatic heterocycles. The minimum atomic E-state index is -0.605. The Hall–Kier alpha value is -1.80. The van der Waals surface area contributed by atoms with Crippen molar-refractivity contribution in [2.45, 2.75) is 57.5 Å². The molecule has 3 heterocycles. The van der Waals surface area contributed by atoms with Gasteiger partial charge in [0.25, 0.3) is 0 Å². The summed E-state index contributed by atoms with van der Waals surface area (Å²) in [7, 11) is 1.65. The fraction of sp³-hybridized carbons (Fsp3) is 0.650. The zero-order valence-corrected chi connectivity index (χ0v) is 17.9. The molecule has 0 radical (unpaired) electrons. The molecule has 3 rings (SSSR count). The van der Waals surface area contributed by atoms with Crippen LogP contribution in [-0.2, 0) is 19.1 Å². The van der Waals surface area contributed by atoms with Crippen LogP contribution < -0.4 is 0 Å². The summed E-state index contributed by atoms with van der Waals surface area (Å²) < 4.78 is 12.6. The number of hydrogen-bond acceptors (Lipinski definition) is 6. The lowest BCUT2D eigenvalue weighted by molar-refractivity contribution is -0.152. The number of esters is 1. The van der Waals surface area contributed by atoms with Crippen molar-refractivity contribution in [1.82, 2.24) is 9.47 Å². The van der Waals surface area contributed by atoms with Crippen LogP contribution in [0.15, 0.2) is 6.07 Å². The first-order valence-corrected chi connectivity index (χ1v) is 10.5. The summed E-state index contributed by atoms with van der Waals surface area (Å²) in [5.74, 6) is -0.241. The van der Waals surface area contributed by atoms with Gasteiger partial charge in [0.1, 0.15) is 6.04 Å². The zero-order chi connectivity index (χ0) is 20.6. The number of carbonyl (C=O) groups excluding carboxylic acids is 3. The lowest BCUT2D eigenvalue weighted by Gasteiger charge is -2.29. The lowest BCUT2D eigenvalue weighted by Crippen LogP contribution is -2.46. The van der Waals surface area contributed by atoms with Gasteiger partial charge in [-0.2, -0.15) is 0 Å². The van der Waals surface area contributed by atoms with E-state index in [4.69, 9.17) is 9.47 Å². The van der Waals surface area contributed by atoms with Crippen molar-refractivity contribution in [3.8, 4) is 0 Å². The topological polar surface area (TPSA) is 77.8 Å². The number of Topliss-reactive ketones (excluding diaryl/α,β-unsaturated/α-hetero) is 1. The quantitative estimate of drug-likeness (QED) is 0.510. The summed E-state index contributed by atoms with van der Waals surface area (Å²) in [5.41, 5.74) is 2.35. The standard InChI is InChI=1S/C20H28N2O5S/c1-12-8-15(14(3)21(12)13(2)9-26-5)17(23)10-27-19(25)16-11-28-20(4)7-6-18(24)22(16)20/h8,13,16H,6-7,9-11H2,1-5H3. The minimum Gasteiger partial charge on any atom is -0.456 e. The van der Waals surface area contributed by atoms with E-state index in [-0.39, 0.29) is 29.2 Å². The van der Waals surface area contributed by atoms with Gasteiger partial charge in [0.2, 0.25) is 11.7 Å². The number of fused-ring (bicyclic) bond motifs is 1. The number of methoxy groups -OCH3 is 1. The first-order chi connectivity index (χ1) is 13.2. The van der Waals surface area contributed by atoms with Crippen molar-refractivity contribution < 1.29 is 23.9 Å². The zero-order valence-electron chi connectivity index (χ0n) is 17.1. The Morgan fingerprint density at radius 1 is 1.39 bits per heavy atom. The maximum Gasteiger partial charge on any atom is 0.330 e. The van der Waals surface area contributed by atoms with E-state index in [9.17, 15) is 14.4 Å². The number of aryl methyl sites for hydroxylation is 1. The number of nitrogens with zero attached hydrogens (tertiary/aromatic N) is 2. The Balaban J connectivity index is 1.66. The SMILES string of the molecule is COCC(C)n1c(C)cc(C(=O)COC(=O)C2CSC3(C)CCC(=O)N23)c1C. The van der Waals surface area contributed by atoms with Crippen molar-refractivity contribution in [3.63, 3.8) is 0 Å². The van der Waals surface area contributed by atoms with Gasteiger partial charge in [0.05, 0.1) is 17.5 Å². The lowest BCUT2D eigenvalue weighted by atomic mass is 10.1. The average molecular weight is 409 g/mol. The van der Waals surface area contributed by atoms with Gasteiger partial charge in [0.15, 0.2) is 6.61 Å². The largest absolute Gasteiger partial charge is 0.456 e. The molecule has 154 valence electrons. The highest BCUT2D eigenvalue weighted by molar-refractivity contribution is 8.01. The predicted octanol–water partition coefficient (Wildman–Crippen LogP) is 2.49. The van der Waals surface area contributed by atoms with E-state index in [2.05, 4.69) is 4.57 Å².